The number of aromatic nitrogens is 2. The van der Waals surface area contributed by atoms with Crippen LogP contribution in [0, 0.1) is 11.7 Å². The summed E-state index contributed by atoms with van der Waals surface area (Å²) in [6.45, 7) is 1.94. The first kappa shape index (κ1) is 13.9. The molecule has 0 saturated carbocycles. The van der Waals surface area contributed by atoms with Crippen molar-refractivity contribution < 1.29 is 13.2 Å². The lowest BCUT2D eigenvalue weighted by Gasteiger charge is -2.09. The number of aryl methyl sites for hydroxylation is 1. The second kappa shape index (κ2) is 4.73. The number of fused-ring (bicyclic) bond motifs is 1. The van der Waals surface area contributed by atoms with Crippen molar-refractivity contribution in [3.63, 3.8) is 0 Å². The quantitative estimate of drug-likeness (QED) is 0.626. The van der Waals surface area contributed by atoms with Crippen molar-refractivity contribution in [2.45, 2.75) is 13.1 Å². The van der Waals surface area contributed by atoms with E-state index in [0.29, 0.717) is 10.5 Å². The molecule has 1 heterocycles. The zero-order valence-electron chi connectivity index (χ0n) is 11.0. The van der Waals surface area contributed by atoms with Gasteiger partial charge in [0.1, 0.15) is 0 Å². The smallest absolute Gasteiger partial charge is 0.330 e. The first-order valence-corrected chi connectivity index (χ1v) is 6.67. The molecule has 3 rings (SSSR count). The lowest BCUT2D eigenvalue weighted by Crippen LogP contribution is -2.05. The van der Waals surface area contributed by atoms with E-state index in [4.69, 9.17) is 12.2 Å². The summed E-state index contributed by atoms with van der Waals surface area (Å²) in [6.07, 6.45) is -4.34. The average Bonchev–Trinajstić information content (AvgIpc) is 2.75. The number of aromatic amines is 1. The van der Waals surface area contributed by atoms with Crippen molar-refractivity contribution in [3.8, 4) is 5.69 Å². The molecule has 0 unspecified atom stereocenters. The molecule has 108 valence electrons. The molecule has 3 aromatic rings. The molecule has 0 aliphatic carbocycles. The van der Waals surface area contributed by atoms with Crippen molar-refractivity contribution in [3.05, 3.63) is 58.4 Å². The van der Waals surface area contributed by atoms with Crippen LogP contribution in [0.15, 0.2) is 42.5 Å². The molecule has 0 spiro atoms. The van der Waals surface area contributed by atoms with Gasteiger partial charge in [-0.1, -0.05) is 12.1 Å². The maximum absolute atomic E-state index is 12.6. The van der Waals surface area contributed by atoms with Gasteiger partial charge >= 0.3 is 6.18 Å². The Hall–Kier alpha value is -2.08. The molecule has 0 atom stereocenters. The largest absolute Gasteiger partial charge is 0.416 e. The first-order valence-electron chi connectivity index (χ1n) is 6.26. The summed E-state index contributed by atoms with van der Waals surface area (Å²) in [5.41, 5.74) is 2.67. The normalized spacial score (nSPS) is 12.0. The van der Waals surface area contributed by atoms with E-state index >= 15 is 0 Å². The van der Waals surface area contributed by atoms with Crippen molar-refractivity contribution in [2.75, 3.05) is 0 Å². The molecule has 0 fully saturated rings. The van der Waals surface area contributed by atoms with Gasteiger partial charge in [-0.2, -0.15) is 13.2 Å². The van der Waals surface area contributed by atoms with Crippen LogP contribution >= 0.6 is 12.2 Å². The van der Waals surface area contributed by atoms with Crippen LogP contribution in [-0.4, -0.2) is 9.55 Å². The number of imidazole rings is 1. The topological polar surface area (TPSA) is 20.7 Å². The van der Waals surface area contributed by atoms with Gasteiger partial charge in [0.2, 0.25) is 0 Å². The number of hydrogen-bond donors (Lipinski definition) is 1. The Kier molecular flexibility index (Phi) is 3.13. The highest BCUT2D eigenvalue weighted by atomic mass is 32.1. The Morgan fingerprint density at radius 3 is 2.33 bits per heavy atom. The summed E-state index contributed by atoms with van der Waals surface area (Å²) in [4.78, 5) is 3.07. The molecule has 2 aromatic carbocycles. The zero-order valence-corrected chi connectivity index (χ0v) is 11.8. The number of alkyl halides is 3. The fraction of sp³-hybridized carbons (Fsp3) is 0.133. The third kappa shape index (κ3) is 2.35. The van der Waals surface area contributed by atoms with Gasteiger partial charge in [0.15, 0.2) is 4.77 Å². The molecule has 6 heteroatoms. The first-order chi connectivity index (χ1) is 9.88. The predicted molar refractivity (Wildman–Crippen MR) is 78.2 cm³/mol. The Morgan fingerprint density at radius 1 is 1.05 bits per heavy atom. The molecule has 1 N–H and O–H groups in total. The second-order valence-electron chi connectivity index (χ2n) is 4.78. The van der Waals surface area contributed by atoms with Gasteiger partial charge in [-0.3, -0.25) is 4.57 Å². The van der Waals surface area contributed by atoms with Crippen molar-refractivity contribution >= 4 is 23.3 Å². The Morgan fingerprint density at radius 2 is 1.71 bits per heavy atom. The summed E-state index contributed by atoms with van der Waals surface area (Å²) in [5, 5.41) is 0. The van der Waals surface area contributed by atoms with Crippen LogP contribution in [0.2, 0.25) is 0 Å². The van der Waals surface area contributed by atoms with E-state index in [9.17, 15) is 13.2 Å². The maximum Gasteiger partial charge on any atom is 0.416 e. The minimum absolute atomic E-state index is 0.457. The van der Waals surface area contributed by atoms with Gasteiger partial charge in [-0.15, -0.1) is 0 Å². The minimum Gasteiger partial charge on any atom is -0.330 e. The lowest BCUT2D eigenvalue weighted by molar-refractivity contribution is -0.137. The van der Waals surface area contributed by atoms with Crippen molar-refractivity contribution in [1.29, 1.82) is 0 Å². The molecule has 0 aliphatic heterocycles. The summed E-state index contributed by atoms with van der Waals surface area (Å²) in [7, 11) is 0. The lowest BCUT2D eigenvalue weighted by atomic mass is 10.1. The molecule has 0 saturated heterocycles. The van der Waals surface area contributed by atoms with Crippen LogP contribution in [0.25, 0.3) is 16.7 Å². The van der Waals surface area contributed by atoms with Crippen LogP contribution in [0.4, 0.5) is 13.2 Å². The van der Waals surface area contributed by atoms with Crippen LogP contribution in [0.1, 0.15) is 11.1 Å². The maximum atomic E-state index is 12.6. The number of nitrogens with zero attached hydrogens (tertiary/aromatic N) is 1. The third-order valence-corrected chi connectivity index (χ3v) is 3.64. The number of para-hydroxylation sites is 1. The summed E-state index contributed by atoms with van der Waals surface area (Å²) in [6, 6.07) is 10.7. The van der Waals surface area contributed by atoms with E-state index in [1.54, 1.807) is 4.57 Å². The highest BCUT2D eigenvalue weighted by Gasteiger charge is 2.30. The zero-order chi connectivity index (χ0) is 15.2. The van der Waals surface area contributed by atoms with E-state index in [1.807, 2.05) is 25.1 Å². The Bertz CT molecular complexity index is 857. The highest BCUT2D eigenvalue weighted by molar-refractivity contribution is 7.71. The molecule has 1 aromatic heterocycles. The Balaban J connectivity index is 2.21. The number of hydrogen-bond acceptors (Lipinski definition) is 1. The van der Waals surface area contributed by atoms with Gasteiger partial charge in [-0.05, 0) is 55.0 Å². The van der Waals surface area contributed by atoms with Gasteiger partial charge in [0.25, 0.3) is 0 Å². The van der Waals surface area contributed by atoms with Crippen LogP contribution < -0.4 is 0 Å². The summed E-state index contributed by atoms with van der Waals surface area (Å²) < 4.78 is 40.1. The van der Waals surface area contributed by atoms with E-state index in [2.05, 4.69) is 4.98 Å². The summed E-state index contributed by atoms with van der Waals surface area (Å²) >= 11 is 5.29. The van der Waals surface area contributed by atoms with Crippen LogP contribution in [-0.2, 0) is 6.18 Å². The molecule has 0 aliphatic rings. The second-order valence-corrected chi connectivity index (χ2v) is 5.17. The highest BCUT2D eigenvalue weighted by Crippen LogP contribution is 2.30. The average molecular weight is 308 g/mol. The van der Waals surface area contributed by atoms with E-state index in [1.165, 1.54) is 12.1 Å². The number of H-pyrrole nitrogens is 1. The molecule has 0 bridgehead atoms. The fourth-order valence-corrected chi connectivity index (χ4v) is 2.68. The van der Waals surface area contributed by atoms with E-state index < -0.39 is 11.7 Å². The Labute approximate surface area is 123 Å². The number of halogens is 3. The fourth-order valence-electron chi connectivity index (χ4n) is 2.38. The predicted octanol–water partition coefficient (Wildman–Crippen LogP) is 5.02. The van der Waals surface area contributed by atoms with Gasteiger partial charge < -0.3 is 4.98 Å². The van der Waals surface area contributed by atoms with Gasteiger partial charge in [0, 0.05) is 5.69 Å². The monoisotopic (exact) mass is 308 g/mol. The number of nitrogens with one attached hydrogen (secondary N) is 1. The van der Waals surface area contributed by atoms with Crippen molar-refractivity contribution in [1.82, 2.24) is 9.55 Å². The third-order valence-electron chi connectivity index (χ3n) is 3.36. The molecule has 2 nitrogen and oxygen atoms in total. The van der Waals surface area contributed by atoms with Gasteiger partial charge in [0.05, 0.1) is 16.6 Å². The van der Waals surface area contributed by atoms with Crippen LogP contribution in [0.3, 0.4) is 0 Å². The molecular weight excluding hydrogens is 297 g/mol. The SMILES string of the molecule is Cc1cccc2[nH]c(=S)n(-c3ccc(C(F)(F)F)cc3)c12. The van der Waals surface area contributed by atoms with E-state index in [-0.39, 0.29) is 0 Å². The molecule has 21 heavy (non-hydrogen) atoms. The van der Waals surface area contributed by atoms with Crippen LogP contribution in [0.5, 0.6) is 0 Å². The standard InChI is InChI=1S/C15H11F3N2S/c1-9-3-2-4-12-13(9)20(14(21)19-12)11-7-5-10(6-8-11)15(16,17)18/h2-8H,1H3,(H,19,21). The van der Waals surface area contributed by atoms with E-state index in [0.717, 1.165) is 28.7 Å². The number of benzene rings is 2. The molecule has 0 amide bonds. The number of rotatable bonds is 1. The minimum atomic E-state index is -4.34. The summed E-state index contributed by atoms with van der Waals surface area (Å²) in [5.74, 6) is 0. The van der Waals surface area contributed by atoms with Gasteiger partial charge in [-0.25, -0.2) is 0 Å². The molecular formula is C15H11F3N2S. The van der Waals surface area contributed by atoms with Crippen molar-refractivity contribution in [2.24, 2.45) is 0 Å². The molecule has 0 radical (unpaired) electrons.